The highest BCUT2D eigenvalue weighted by Crippen LogP contribution is 2.10. The summed E-state index contributed by atoms with van der Waals surface area (Å²) in [7, 11) is 0. The number of aromatic nitrogens is 1. The first-order chi connectivity index (χ1) is 9.29. The second kappa shape index (κ2) is 7.01. The van der Waals surface area contributed by atoms with Crippen LogP contribution in [-0.2, 0) is 17.7 Å². The molecule has 100 valence electrons. The standard InChI is InChI=1S/C14H16N2O2S/c15-9-13-16-12(10-19-13)14(17)18-8-4-7-11-5-2-1-3-6-11/h1-3,5-6,10H,4,7-9,15H2. The summed E-state index contributed by atoms with van der Waals surface area (Å²) in [5, 5.41) is 2.43. The van der Waals surface area contributed by atoms with Crippen molar-refractivity contribution in [2.24, 2.45) is 5.73 Å². The average molecular weight is 276 g/mol. The zero-order chi connectivity index (χ0) is 13.5. The molecule has 0 amide bonds. The molecule has 1 heterocycles. The third-order valence-electron chi connectivity index (χ3n) is 2.62. The van der Waals surface area contributed by atoms with Gasteiger partial charge in [-0.2, -0.15) is 0 Å². The summed E-state index contributed by atoms with van der Waals surface area (Å²) in [6.45, 7) is 0.759. The van der Waals surface area contributed by atoms with Crippen molar-refractivity contribution < 1.29 is 9.53 Å². The summed E-state index contributed by atoms with van der Waals surface area (Å²) < 4.78 is 5.17. The summed E-state index contributed by atoms with van der Waals surface area (Å²) in [6.07, 6.45) is 1.71. The number of thiazole rings is 1. The van der Waals surface area contributed by atoms with Gasteiger partial charge >= 0.3 is 5.97 Å². The van der Waals surface area contributed by atoms with E-state index in [1.54, 1.807) is 5.38 Å². The molecule has 0 spiro atoms. The lowest BCUT2D eigenvalue weighted by Crippen LogP contribution is -2.08. The van der Waals surface area contributed by atoms with Crippen molar-refractivity contribution in [1.82, 2.24) is 4.98 Å². The monoisotopic (exact) mass is 276 g/mol. The SMILES string of the molecule is NCc1nc(C(=O)OCCCc2ccccc2)cs1. The van der Waals surface area contributed by atoms with Crippen molar-refractivity contribution in [2.45, 2.75) is 19.4 Å². The largest absolute Gasteiger partial charge is 0.461 e. The Labute approximate surface area is 116 Å². The normalized spacial score (nSPS) is 10.4. The molecular formula is C14H16N2O2S. The van der Waals surface area contributed by atoms with Gasteiger partial charge in [-0.05, 0) is 18.4 Å². The Hall–Kier alpha value is -1.72. The Balaban J connectivity index is 1.72. The number of benzene rings is 1. The first kappa shape index (κ1) is 13.7. The van der Waals surface area contributed by atoms with E-state index < -0.39 is 0 Å². The number of nitrogens with zero attached hydrogens (tertiary/aromatic N) is 1. The maximum Gasteiger partial charge on any atom is 0.357 e. The number of rotatable bonds is 6. The van der Waals surface area contributed by atoms with Gasteiger partial charge in [-0.3, -0.25) is 0 Å². The van der Waals surface area contributed by atoms with E-state index in [0.717, 1.165) is 17.8 Å². The fourth-order valence-electron chi connectivity index (χ4n) is 1.66. The average Bonchev–Trinajstić information content (AvgIpc) is 2.93. The van der Waals surface area contributed by atoms with Gasteiger partial charge in [-0.1, -0.05) is 30.3 Å². The topological polar surface area (TPSA) is 65.2 Å². The third kappa shape index (κ3) is 4.15. The van der Waals surface area contributed by atoms with Crippen LogP contribution in [-0.4, -0.2) is 17.6 Å². The van der Waals surface area contributed by atoms with E-state index in [9.17, 15) is 4.79 Å². The number of hydrogen-bond acceptors (Lipinski definition) is 5. The summed E-state index contributed by atoms with van der Waals surface area (Å²) in [4.78, 5) is 15.8. The van der Waals surface area contributed by atoms with Crippen LogP contribution in [0.4, 0.5) is 0 Å². The highest BCUT2D eigenvalue weighted by molar-refractivity contribution is 7.09. The van der Waals surface area contributed by atoms with E-state index in [2.05, 4.69) is 17.1 Å². The van der Waals surface area contributed by atoms with Gasteiger partial charge in [0.1, 0.15) is 5.01 Å². The fraction of sp³-hybridized carbons (Fsp3) is 0.286. The minimum absolute atomic E-state index is 0.352. The minimum atomic E-state index is -0.371. The van der Waals surface area contributed by atoms with Crippen LogP contribution in [0.1, 0.15) is 27.5 Å². The zero-order valence-corrected chi connectivity index (χ0v) is 11.4. The summed E-state index contributed by atoms with van der Waals surface area (Å²) in [5.74, 6) is -0.371. The van der Waals surface area contributed by atoms with Crippen molar-refractivity contribution in [3.05, 3.63) is 52.0 Å². The van der Waals surface area contributed by atoms with Crippen molar-refractivity contribution in [3.63, 3.8) is 0 Å². The van der Waals surface area contributed by atoms with Crippen LogP contribution in [0.2, 0.25) is 0 Å². The maximum atomic E-state index is 11.7. The lowest BCUT2D eigenvalue weighted by molar-refractivity contribution is 0.0494. The van der Waals surface area contributed by atoms with Crippen molar-refractivity contribution in [2.75, 3.05) is 6.61 Å². The molecule has 0 radical (unpaired) electrons. The Bertz CT molecular complexity index is 525. The number of ether oxygens (including phenoxy) is 1. The molecule has 2 rings (SSSR count). The lowest BCUT2D eigenvalue weighted by atomic mass is 10.1. The molecule has 0 aliphatic rings. The highest BCUT2D eigenvalue weighted by Gasteiger charge is 2.11. The predicted molar refractivity (Wildman–Crippen MR) is 75.1 cm³/mol. The molecule has 2 aromatic rings. The summed E-state index contributed by atoms with van der Waals surface area (Å²) >= 11 is 1.38. The molecule has 0 saturated heterocycles. The van der Waals surface area contributed by atoms with E-state index in [1.165, 1.54) is 16.9 Å². The first-order valence-electron chi connectivity index (χ1n) is 6.15. The molecule has 4 nitrogen and oxygen atoms in total. The van der Waals surface area contributed by atoms with Crippen molar-refractivity contribution in [1.29, 1.82) is 0 Å². The van der Waals surface area contributed by atoms with Gasteiger partial charge < -0.3 is 10.5 Å². The van der Waals surface area contributed by atoms with Crippen LogP contribution in [0.3, 0.4) is 0 Å². The molecule has 5 heteroatoms. The Morgan fingerprint density at radius 3 is 2.79 bits per heavy atom. The quantitative estimate of drug-likeness (QED) is 0.650. The zero-order valence-electron chi connectivity index (χ0n) is 10.5. The molecular weight excluding hydrogens is 260 g/mol. The van der Waals surface area contributed by atoms with Crippen LogP contribution < -0.4 is 5.73 Å². The lowest BCUT2D eigenvalue weighted by Gasteiger charge is -2.03. The van der Waals surface area contributed by atoms with Gasteiger partial charge in [0.25, 0.3) is 0 Å². The number of carbonyl (C=O) groups is 1. The Morgan fingerprint density at radius 1 is 1.32 bits per heavy atom. The third-order valence-corrected chi connectivity index (χ3v) is 3.49. The van der Waals surface area contributed by atoms with E-state index in [1.807, 2.05) is 18.2 Å². The second-order valence-electron chi connectivity index (χ2n) is 4.06. The van der Waals surface area contributed by atoms with E-state index in [4.69, 9.17) is 10.5 Å². The molecule has 0 unspecified atom stereocenters. The van der Waals surface area contributed by atoms with Crippen molar-refractivity contribution >= 4 is 17.3 Å². The second-order valence-corrected chi connectivity index (χ2v) is 5.00. The number of esters is 1. The van der Waals surface area contributed by atoms with Crippen LogP contribution in [0.15, 0.2) is 35.7 Å². The van der Waals surface area contributed by atoms with Gasteiger partial charge in [0.15, 0.2) is 5.69 Å². The molecule has 0 aliphatic heterocycles. The van der Waals surface area contributed by atoms with Crippen LogP contribution in [0.5, 0.6) is 0 Å². The maximum absolute atomic E-state index is 11.7. The minimum Gasteiger partial charge on any atom is -0.461 e. The molecule has 0 saturated carbocycles. The van der Waals surface area contributed by atoms with E-state index >= 15 is 0 Å². The smallest absolute Gasteiger partial charge is 0.357 e. The number of nitrogens with two attached hydrogens (primary N) is 1. The highest BCUT2D eigenvalue weighted by atomic mass is 32.1. The molecule has 0 fully saturated rings. The molecule has 19 heavy (non-hydrogen) atoms. The number of aryl methyl sites for hydroxylation is 1. The van der Waals surface area contributed by atoms with Crippen LogP contribution in [0.25, 0.3) is 0 Å². The molecule has 0 atom stereocenters. The van der Waals surface area contributed by atoms with Gasteiger partial charge in [-0.15, -0.1) is 11.3 Å². The van der Waals surface area contributed by atoms with Crippen molar-refractivity contribution in [3.8, 4) is 0 Å². The van der Waals surface area contributed by atoms with Crippen LogP contribution >= 0.6 is 11.3 Å². The van der Waals surface area contributed by atoms with Crippen LogP contribution in [0, 0.1) is 0 Å². The van der Waals surface area contributed by atoms with Gasteiger partial charge in [0.2, 0.25) is 0 Å². The summed E-state index contributed by atoms with van der Waals surface area (Å²) in [6, 6.07) is 10.1. The Morgan fingerprint density at radius 2 is 2.11 bits per heavy atom. The molecule has 2 N–H and O–H groups in total. The summed E-state index contributed by atoms with van der Waals surface area (Å²) in [5.41, 5.74) is 7.04. The molecule has 0 bridgehead atoms. The number of carbonyl (C=O) groups excluding carboxylic acids is 1. The Kier molecular flexibility index (Phi) is 5.06. The van der Waals surface area contributed by atoms with E-state index in [-0.39, 0.29) is 5.97 Å². The van der Waals surface area contributed by atoms with Gasteiger partial charge in [0.05, 0.1) is 6.61 Å². The van der Waals surface area contributed by atoms with Gasteiger partial charge in [-0.25, -0.2) is 9.78 Å². The van der Waals surface area contributed by atoms with Gasteiger partial charge in [0, 0.05) is 11.9 Å². The first-order valence-corrected chi connectivity index (χ1v) is 7.03. The van der Waals surface area contributed by atoms with E-state index in [0.29, 0.717) is 18.8 Å². The molecule has 1 aromatic heterocycles. The number of hydrogen-bond donors (Lipinski definition) is 1. The fourth-order valence-corrected chi connectivity index (χ4v) is 2.30. The predicted octanol–water partition coefficient (Wildman–Crippen LogP) is 2.39. The molecule has 1 aromatic carbocycles. The molecule has 0 aliphatic carbocycles.